The van der Waals surface area contributed by atoms with Gasteiger partial charge in [0.2, 0.25) is 0 Å². The fraction of sp³-hybridized carbons (Fsp3) is 0.0667. The van der Waals surface area contributed by atoms with Crippen LogP contribution >= 0.6 is 27.5 Å². The zero-order chi connectivity index (χ0) is 16.4. The average molecular weight is 395 g/mol. The minimum Gasteiger partial charge on any atom is -0.438 e. The van der Waals surface area contributed by atoms with E-state index >= 15 is 0 Å². The summed E-state index contributed by atoms with van der Waals surface area (Å²) in [6, 6.07) is 11.6. The topological polar surface area (TPSA) is 74.1 Å². The lowest BCUT2D eigenvalue weighted by Crippen LogP contribution is -2.26. The Hall–Kier alpha value is -2.25. The van der Waals surface area contributed by atoms with Crippen LogP contribution in [-0.2, 0) is 11.5 Å². The maximum Gasteiger partial charge on any atom is 0.341 e. The lowest BCUT2D eigenvalue weighted by molar-refractivity contribution is 0.0336. The van der Waals surface area contributed by atoms with E-state index in [4.69, 9.17) is 16.3 Å². The van der Waals surface area contributed by atoms with Crippen molar-refractivity contribution in [2.45, 2.75) is 6.73 Å². The summed E-state index contributed by atoms with van der Waals surface area (Å²) in [6.07, 6.45) is 0. The van der Waals surface area contributed by atoms with Gasteiger partial charge in [-0.3, -0.25) is 4.79 Å². The Bertz CT molecular complexity index is 958. The molecule has 23 heavy (non-hydrogen) atoms. The van der Waals surface area contributed by atoms with Crippen LogP contribution in [-0.4, -0.2) is 21.0 Å². The van der Waals surface area contributed by atoms with E-state index in [1.54, 1.807) is 42.5 Å². The molecule has 2 aromatic carbocycles. The van der Waals surface area contributed by atoms with Gasteiger partial charge in [-0.2, -0.15) is 4.68 Å². The number of hydrogen-bond acceptors (Lipinski definition) is 5. The fourth-order valence-electron chi connectivity index (χ4n) is 1.96. The molecule has 0 aliphatic rings. The summed E-state index contributed by atoms with van der Waals surface area (Å²) in [5.74, 6) is -0.654. The normalized spacial score (nSPS) is 10.7. The number of ether oxygens (including phenoxy) is 1. The van der Waals surface area contributed by atoms with Crippen LogP contribution < -0.4 is 5.56 Å². The van der Waals surface area contributed by atoms with Gasteiger partial charge < -0.3 is 4.74 Å². The monoisotopic (exact) mass is 393 g/mol. The highest BCUT2D eigenvalue weighted by atomic mass is 79.9. The molecule has 0 fully saturated rings. The van der Waals surface area contributed by atoms with E-state index in [1.165, 1.54) is 0 Å². The average Bonchev–Trinajstić information content (AvgIpc) is 2.56. The summed E-state index contributed by atoms with van der Waals surface area (Å²) < 4.78 is 6.77. The zero-order valence-electron chi connectivity index (χ0n) is 11.6. The number of halogens is 2. The second kappa shape index (κ2) is 6.47. The first-order chi connectivity index (χ1) is 11.1. The van der Waals surface area contributed by atoms with Crippen LogP contribution in [0.15, 0.2) is 51.7 Å². The molecule has 3 aromatic rings. The third-order valence-electron chi connectivity index (χ3n) is 3.10. The number of benzene rings is 2. The number of fused-ring (bicyclic) bond motifs is 1. The minimum atomic E-state index is -0.654. The predicted octanol–water partition coefficient (Wildman–Crippen LogP) is 3.02. The first-order valence-corrected chi connectivity index (χ1v) is 7.68. The highest BCUT2D eigenvalue weighted by Crippen LogP contribution is 2.21. The number of nitrogens with zero attached hydrogens (tertiary/aromatic N) is 3. The molecule has 0 aliphatic carbocycles. The molecule has 0 bridgehead atoms. The van der Waals surface area contributed by atoms with Crippen molar-refractivity contribution in [3.63, 3.8) is 0 Å². The van der Waals surface area contributed by atoms with Crippen molar-refractivity contribution in [2.24, 2.45) is 0 Å². The third kappa shape index (κ3) is 3.25. The van der Waals surface area contributed by atoms with Crippen LogP contribution in [0.5, 0.6) is 0 Å². The lowest BCUT2D eigenvalue weighted by atomic mass is 10.2. The Morgan fingerprint density at radius 2 is 2.04 bits per heavy atom. The number of rotatable bonds is 3. The molecule has 6 nitrogen and oxygen atoms in total. The molecule has 0 N–H and O–H groups in total. The van der Waals surface area contributed by atoms with Crippen molar-refractivity contribution >= 4 is 44.4 Å². The smallest absolute Gasteiger partial charge is 0.341 e. The molecular weight excluding hydrogens is 386 g/mol. The van der Waals surface area contributed by atoms with Gasteiger partial charge in [-0.25, -0.2) is 4.79 Å². The predicted molar refractivity (Wildman–Crippen MR) is 88.4 cm³/mol. The Morgan fingerprint density at radius 3 is 2.87 bits per heavy atom. The van der Waals surface area contributed by atoms with E-state index in [0.717, 1.165) is 4.68 Å². The van der Waals surface area contributed by atoms with Crippen LogP contribution in [0.3, 0.4) is 0 Å². The summed E-state index contributed by atoms with van der Waals surface area (Å²) in [5.41, 5.74) is 0.293. The number of hydrogen-bond donors (Lipinski definition) is 0. The third-order valence-corrected chi connectivity index (χ3v) is 3.92. The molecule has 8 heteroatoms. The lowest BCUT2D eigenvalue weighted by Gasteiger charge is -2.08. The molecule has 1 aromatic heterocycles. The Kier molecular flexibility index (Phi) is 4.40. The van der Waals surface area contributed by atoms with Crippen LogP contribution in [0.25, 0.3) is 10.9 Å². The second-order valence-corrected chi connectivity index (χ2v) is 5.92. The molecule has 0 saturated heterocycles. The van der Waals surface area contributed by atoms with E-state index in [-0.39, 0.29) is 22.9 Å². The summed E-state index contributed by atoms with van der Waals surface area (Å²) in [4.78, 5) is 24.3. The van der Waals surface area contributed by atoms with Gasteiger partial charge in [0.15, 0.2) is 6.73 Å². The highest BCUT2D eigenvalue weighted by Gasteiger charge is 2.14. The number of esters is 1. The standard InChI is InChI=1S/C15H9BrClN3O3/c16-9-5-6-12(17)11(7-9)15(22)23-8-20-14(21)10-3-1-2-4-13(10)18-19-20/h1-7H,8H2. The maximum absolute atomic E-state index is 12.2. The van der Waals surface area contributed by atoms with E-state index in [0.29, 0.717) is 15.4 Å². The van der Waals surface area contributed by atoms with Crippen molar-refractivity contribution in [2.75, 3.05) is 0 Å². The van der Waals surface area contributed by atoms with Crippen LogP contribution in [0.4, 0.5) is 0 Å². The Labute approximate surface area is 143 Å². The first-order valence-electron chi connectivity index (χ1n) is 6.51. The SMILES string of the molecule is O=C(OCn1nnc2ccccc2c1=O)c1cc(Br)ccc1Cl. The van der Waals surface area contributed by atoms with E-state index in [2.05, 4.69) is 26.2 Å². The van der Waals surface area contributed by atoms with Gasteiger partial charge >= 0.3 is 5.97 Å². The van der Waals surface area contributed by atoms with Gasteiger partial charge in [0.25, 0.3) is 5.56 Å². The van der Waals surface area contributed by atoms with Crippen LogP contribution in [0, 0.1) is 0 Å². The Balaban J connectivity index is 1.83. The molecule has 116 valence electrons. The summed E-state index contributed by atoms with van der Waals surface area (Å²) in [7, 11) is 0. The van der Waals surface area contributed by atoms with Gasteiger partial charge in [-0.05, 0) is 30.3 Å². The molecule has 1 heterocycles. The zero-order valence-corrected chi connectivity index (χ0v) is 13.9. The fourth-order valence-corrected chi connectivity index (χ4v) is 2.52. The number of carbonyl (C=O) groups excluding carboxylic acids is 1. The summed E-state index contributed by atoms with van der Waals surface area (Å²) >= 11 is 9.22. The molecule has 0 radical (unpaired) electrons. The number of aromatic nitrogens is 3. The van der Waals surface area contributed by atoms with Gasteiger partial charge in [0, 0.05) is 4.47 Å². The second-order valence-electron chi connectivity index (χ2n) is 4.60. The van der Waals surface area contributed by atoms with Crippen molar-refractivity contribution in [1.29, 1.82) is 0 Å². The quantitative estimate of drug-likeness (QED) is 0.638. The molecule has 0 amide bonds. The van der Waals surface area contributed by atoms with Crippen LogP contribution in [0.2, 0.25) is 5.02 Å². The van der Waals surface area contributed by atoms with E-state index in [1.807, 2.05) is 0 Å². The van der Waals surface area contributed by atoms with Gasteiger partial charge in [0.05, 0.1) is 16.0 Å². The van der Waals surface area contributed by atoms with Crippen LogP contribution in [0.1, 0.15) is 10.4 Å². The summed E-state index contributed by atoms with van der Waals surface area (Å²) in [6.45, 7) is -0.349. The van der Waals surface area contributed by atoms with Crippen molar-refractivity contribution in [3.8, 4) is 0 Å². The van der Waals surface area contributed by atoms with E-state index < -0.39 is 5.97 Å². The first kappa shape index (κ1) is 15.6. The largest absolute Gasteiger partial charge is 0.438 e. The minimum absolute atomic E-state index is 0.197. The highest BCUT2D eigenvalue weighted by molar-refractivity contribution is 9.10. The molecule has 0 aliphatic heterocycles. The molecule has 0 saturated carbocycles. The molecule has 0 spiro atoms. The maximum atomic E-state index is 12.2. The Morgan fingerprint density at radius 1 is 1.26 bits per heavy atom. The van der Waals surface area contributed by atoms with Gasteiger partial charge in [0.1, 0.15) is 5.52 Å². The van der Waals surface area contributed by atoms with Crippen molar-refractivity contribution < 1.29 is 9.53 Å². The number of carbonyl (C=O) groups is 1. The van der Waals surface area contributed by atoms with Gasteiger partial charge in [-0.15, -0.1) is 5.10 Å². The van der Waals surface area contributed by atoms with E-state index in [9.17, 15) is 9.59 Å². The molecular formula is C15H9BrClN3O3. The van der Waals surface area contributed by atoms with Gasteiger partial charge in [-0.1, -0.05) is 44.9 Å². The molecule has 0 unspecified atom stereocenters. The summed E-state index contributed by atoms with van der Waals surface area (Å²) in [5, 5.41) is 8.32. The molecule has 3 rings (SSSR count). The molecule has 0 atom stereocenters. The van der Waals surface area contributed by atoms with Crippen molar-refractivity contribution in [3.05, 3.63) is 67.9 Å². The van der Waals surface area contributed by atoms with Crippen molar-refractivity contribution in [1.82, 2.24) is 15.0 Å².